The fraction of sp³-hybridized carbons (Fsp3) is 0.300. The number of rotatable bonds is 6. The van der Waals surface area contributed by atoms with Gasteiger partial charge >= 0.3 is 5.69 Å². The largest absolute Gasteiger partial charge is 0.352 e. The zero-order chi connectivity index (χ0) is 17.9. The minimum absolute atomic E-state index is 0. The Balaban J connectivity index is 0.00000210. The van der Waals surface area contributed by atoms with Gasteiger partial charge in [-0.3, -0.25) is 4.79 Å². The molecule has 1 aliphatic rings. The third-order valence-corrected chi connectivity index (χ3v) is 4.84. The molecule has 0 fully saturated rings. The van der Waals surface area contributed by atoms with Crippen molar-refractivity contribution in [1.82, 2.24) is 20.6 Å². The summed E-state index contributed by atoms with van der Waals surface area (Å²) in [6, 6.07) is 12.2. The summed E-state index contributed by atoms with van der Waals surface area (Å²) in [5.41, 5.74) is 6.35. The number of carbonyl (C=O) groups excluding carboxylic acids is 1. The van der Waals surface area contributed by atoms with E-state index in [1.807, 2.05) is 18.2 Å². The molecule has 2 heterocycles. The first-order valence-corrected chi connectivity index (χ1v) is 8.96. The number of aromatic nitrogens is 2. The highest BCUT2D eigenvalue weighted by Gasteiger charge is 2.10. The molecule has 0 bridgehead atoms. The summed E-state index contributed by atoms with van der Waals surface area (Å²) in [6.07, 6.45) is 2.08. The smallest absolute Gasteiger partial charge is 0.323 e. The Kier molecular flexibility index (Phi) is 5.98. The van der Waals surface area contributed by atoms with Crippen molar-refractivity contribution in [3.63, 3.8) is 0 Å². The van der Waals surface area contributed by atoms with Crippen LogP contribution < -0.4 is 16.3 Å². The molecule has 27 heavy (non-hydrogen) atoms. The van der Waals surface area contributed by atoms with Crippen molar-refractivity contribution in [1.29, 1.82) is 0 Å². The third kappa shape index (κ3) is 4.59. The highest BCUT2D eigenvalue weighted by Crippen LogP contribution is 2.17. The number of nitrogens with one attached hydrogen (secondary N) is 4. The number of hydrogen-bond donors (Lipinski definition) is 4. The van der Waals surface area contributed by atoms with Crippen molar-refractivity contribution in [3.8, 4) is 0 Å². The van der Waals surface area contributed by atoms with Crippen molar-refractivity contribution in [2.75, 3.05) is 0 Å². The number of imidazole rings is 1. The van der Waals surface area contributed by atoms with Crippen molar-refractivity contribution in [2.24, 2.45) is 0 Å². The van der Waals surface area contributed by atoms with Crippen LogP contribution in [0.15, 0.2) is 41.2 Å². The van der Waals surface area contributed by atoms with E-state index >= 15 is 0 Å². The SMILES string of the molecule is Cl.O=C(CCCc1ccc2[nH]c(=O)[nH]c2c1)NCc1ccc2c(c1)CNC2. The second-order valence-corrected chi connectivity index (χ2v) is 6.80. The maximum absolute atomic E-state index is 12.1. The number of fused-ring (bicyclic) bond motifs is 2. The molecule has 7 heteroatoms. The van der Waals surface area contributed by atoms with Gasteiger partial charge in [0, 0.05) is 26.1 Å². The first kappa shape index (κ1) is 19.2. The first-order chi connectivity index (χ1) is 12.7. The molecule has 0 spiro atoms. The van der Waals surface area contributed by atoms with Crippen LogP contribution in [0.2, 0.25) is 0 Å². The second-order valence-electron chi connectivity index (χ2n) is 6.80. The maximum Gasteiger partial charge on any atom is 0.323 e. The van der Waals surface area contributed by atoms with Gasteiger partial charge in [0.1, 0.15) is 0 Å². The molecular formula is C20H23ClN4O2. The standard InChI is InChI=1S/C20H22N4O2.ClH/c25-19(22-10-14-4-6-15-11-21-12-16(15)8-14)3-1-2-13-5-7-17-18(9-13)24-20(26)23-17;/h4-9,21H,1-3,10-12H2,(H,22,25)(H2,23,24,26);1H. The molecule has 0 saturated heterocycles. The van der Waals surface area contributed by atoms with E-state index in [0.717, 1.165) is 48.1 Å². The highest BCUT2D eigenvalue weighted by molar-refractivity contribution is 5.85. The van der Waals surface area contributed by atoms with Gasteiger partial charge in [0.15, 0.2) is 0 Å². The molecule has 2 aromatic carbocycles. The Morgan fingerprint density at radius 2 is 1.74 bits per heavy atom. The second kappa shape index (κ2) is 8.41. The molecule has 0 aliphatic carbocycles. The number of hydrogen-bond acceptors (Lipinski definition) is 3. The van der Waals surface area contributed by atoms with E-state index < -0.39 is 0 Å². The van der Waals surface area contributed by atoms with Gasteiger partial charge in [-0.2, -0.15) is 0 Å². The average molecular weight is 387 g/mol. The quantitative estimate of drug-likeness (QED) is 0.524. The summed E-state index contributed by atoms with van der Waals surface area (Å²) in [4.78, 5) is 28.9. The average Bonchev–Trinajstić information content (AvgIpc) is 3.24. The van der Waals surface area contributed by atoms with Crippen molar-refractivity contribution >= 4 is 29.3 Å². The summed E-state index contributed by atoms with van der Waals surface area (Å²) < 4.78 is 0. The van der Waals surface area contributed by atoms with Gasteiger partial charge in [-0.25, -0.2) is 4.79 Å². The van der Waals surface area contributed by atoms with Crippen LogP contribution in [-0.4, -0.2) is 15.9 Å². The van der Waals surface area contributed by atoms with Gasteiger partial charge in [-0.15, -0.1) is 12.4 Å². The molecule has 3 aromatic rings. The number of aryl methyl sites for hydroxylation is 1. The Labute approximate surface area is 163 Å². The minimum atomic E-state index is -0.195. The molecule has 142 valence electrons. The van der Waals surface area contributed by atoms with Gasteiger partial charge < -0.3 is 20.6 Å². The van der Waals surface area contributed by atoms with Crippen LogP contribution >= 0.6 is 12.4 Å². The lowest BCUT2D eigenvalue weighted by Crippen LogP contribution is -2.22. The van der Waals surface area contributed by atoms with Crippen LogP contribution in [0.4, 0.5) is 0 Å². The summed E-state index contributed by atoms with van der Waals surface area (Å²) in [6.45, 7) is 2.42. The molecule has 1 aromatic heterocycles. The first-order valence-electron chi connectivity index (χ1n) is 8.96. The zero-order valence-electron chi connectivity index (χ0n) is 14.9. The summed E-state index contributed by atoms with van der Waals surface area (Å²) in [5.74, 6) is 0.0692. The highest BCUT2D eigenvalue weighted by atomic mass is 35.5. The number of benzene rings is 2. The van der Waals surface area contributed by atoms with Gasteiger partial charge in [-0.05, 0) is 47.2 Å². The van der Waals surface area contributed by atoms with E-state index in [0.29, 0.717) is 13.0 Å². The van der Waals surface area contributed by atoms with E-state index in [-0.39, 0.29) is 24.0 Å². The predicted octanol–water partition coefficient (Wildman–Crippen LogP) is 2.52. The fourth-order valence-electron chi connectivity index (χ4n) is 3.44. The van der Waals surface area contributed by atoms with Crippen molar-refractivity contribution in [2.45, 2.75) is 38.9 Å². The number of aromatic amines is 2. The Morgan fingerprint density at radius 1 is 0.963 bits per heavy atom. The molecule has 6 nitrogen and oxygen atoms in total. The zero-order valence-corrected chi connectivity index (χ0v) is 15.7. The topological polar surface area (TPSA) is 89.8 Å². The lowest BCUT2D eigenvalue weighted by Gasteiger charge is -2.07. The molecule has 4 rings (SSSR count). The van der Waals surface area contributed by atoms with Crippen LogP contribution in [0.25, 0.3) is 11.0 Å². The molecule has 0 unspecified atom stereocenters. The van der Waals surface area contributed by atoms with Crippen molar-refractivity contribution in [3.05, 3.63) is 69.1 Å². The fourth-order valence-corrected chi connectivity index (χ4v) is 3.44. The minimum Gasteiger partial charge on any atom is -0.352 e. The van der Waals surface area contributed by atoms with Crippen LogP contribution in [-0.2, 0) is 30.8 Å². The van der Waals surface area contributed by atoms with E-state index in [1.54, 1.807) is 0 Å². The van der Waals surface area contributed by atoms with E-state index in [4.69, 9.17) is 0 Å². The monoisotopic (exact) mass is 386 g/mol. The molecule has 1 amide bonds. The number of amides is 1. The number of H-pyrrole nitrogens is 2. The molecule has 0 radical (unpaired) electrons. The summed E-state index contributed by atoms with van der Waals surface area (Å²) >= 11 is 0. The van der Waals surface area contributed by atoms with E-state index in [1.165, 1.54) is 11.1 Å². The Bertz CT molecular complexity index is 1010. The molecule has 0 atom stereocenters. The van der Waals surface area contributed by atoms with Gasteiger partial charge in [0.2, 0.25) is 5.91 Å². The van der Waals surface area contributed by atoms with Gasteiger partial charge in [-0.1, -0.05) is 24.3 Å². The number of halogens is 1. The van der Waals surface area contributed by atoms with Gasteiger partial charge in [0.25, 0.3) is 0 Å². The lowest BCUT2D eigenvalue weighted by molar-refractivity contribution is -0.121. The lowest BCUT2D eigenvalue weighted by atomic mass is 10.1. The Hall–Kier alpha value is -2.57. The number of carbonyl (C=O) groups is 1. The molecule has 0 saturated carbocycles. The third-order valence-electron chi connectivity index (χ3n) is 4.84. The normalized spacial score (nSPS) is 12.6. The van der Waals surface area contributed by atoms with E-state index in [9.17, 15) is 9.59 Å². The van der Waals surface area contributed by atoms with Crippen LogP contribution in [0, 0.1) is 0 Å². The summed E-state index contributed by atoms with van der Waals surface area (Å²) in [5, 5.41) is 6.32. The molecule has 1 aliphatic heterocycles. The van der Waals surface area contributed by atoms with Crippen LogP contribution in [0.5, 0.6) is 0 Å². The van der Waals surface area contributed by atoms with Crippen molar-refractivity contribution < 1.29 is 4.79 Å². The van der Waals surface area contributed by atoms with E-state index in [2.05, 4.69) is 38.8 Å². The summed E-state index contributed by atoms with van der Waals surface area (Å²) in [7, 11) is 0. The molecule has 4 N–H and O–H groups in total. The van der Waals surface area contributed by atoms with Gasteiger partial charge in [0.05, 0.1) is 11.0 Å². The Morgan fingerprint density at radius 3 is 2.63 bits per heavy atom. The van der Waals surface area contributed by atoms with Crippen LogP contribution in [0.3, 0.4) is 0 Å². The van der Waals surface area contributed by atoms with Crippen LogP contribution in [0.1, 0.15) is 35.1 Å². The maximum atomic E-state index is 12.1. The predicted molar refractivity (Wildman–Crippen MR) is 108 cm³/mol. The molecular weight excluding hydrogens is 364 g/mol.